The Morgan fingerprint density at radius 3 is 2.63 bits per heavy atom. The maximum atomic E-state index is 6.06. The van der Waals surface area contributed by atoms with Gasteiger partial charge in [0, 0.05) is 4.90 Å². The summed E-state index contributed by atoms with van der Waals surface area (Å²) in [7, 11) is 0. The lowest BCUT2D eigenvalue weighted by atomic mass is 10.1. The molecule has 0 unspecified atom stereocenters. The fourth-order valence-electron chi connectivity index (χ4n) is 1.98. The van der Waals surface area contributed by atoms with E-state index in [0.29, 0.717) is 6.54 Å². The van der Waals surface area contributed by atoms with Crippen molar-refractivity contribution < 1.29 is 4.74 Å². The van der Waals surface area contributed by atoms with Gasteiger partial charge in [0.15, 0.2) is 0 Å². The Morgan fingerprint density at radius 2 is 1.89 bits per heavy atom. The Balaban J connectivity index is 2.32. The second kappa shape index (κ2) is 6.64. The summed E-state index contributed by atoms with van der Waals surface area (Å²) in [5.74, 6) is 1.80. The molecule has 0 saturated heterocycles. The SMILES string of the molecule is CSc1ccccc1Oc1ccc(C)cc1CCN. The van der Waals surface area contributed by atoms with Crippen LogP contribution in [0, 0.1) is 6.92 Å². The predicted octanol–water partition coefficient (Wildman–Crippen LogP) is 4.01. The van der Waals surface area contributed by atoms with Crippen molar-refractivity contribution in [2.75, 3.05) is 12.8 Å². The van der Waals surface area contributed by atoms with Gasteiger partial charge >= 0.3 is 0 Å². The molecule has 0 aliphatic heterocycles. The van der Waals surface area contributed by atoms with Gasteiger partial charge < -0.3 is 10.5 Å². The van der Waals surface area contributed by atoms with E-state index in [1.165, 1.54) is 11.1 Å². The fourth-order valence-corrected chi connectivity index (χ4v) is 2.51. The van der Waals surface area contributed by atoms with Gasteiger partial charge in [0.2, 0.25) is 0 Å². The van der Waals surface area contributed by atoms with Crippen molar-refractivity contribution in [3.63, 3.8) is 0 Å². The van der Waals surface area contributed by atoms with E-state index in [4.69, 9.17) is 10.5 Å². The Labute approximate surface area is 119 Å². The van der Waals surface area contributed by atoms with Gasteiger partial charge in [-0.25, -0.2) is 0 Å². The van der Waals surface area contributed by atoms with E-state index >= 15 is 0 Å². The molecule has 0 fully saturated rings. The van der Waals surface area contributed by atoms with Crippen LogP contribution in [-0.4, -0.2) is 12.8 Å². The molecule has 0 heterocycles. The van der Waals surface area contributed by atoms with Gasteiger partial charge in [-0.3, -0.25) is 0 Å². The molecule has 2 rings (SSSR count). The van der Waals surface area contributed by atoms with Crippen molar-refractivity contribution in [2.24, 2.45) is 5.73 Å². The second-order valence-electron chi connectivity index (χ2n) is 4.40. The van der Waals surface area contributed by atoms with Crippen LogP contribution in [0.1, 0.15) is 11.1 Å². The summed E-state index contributed by atoms with van der Waals surface area (Å²) < 4.78 is 6.06. The van der Waals surface area contributed by atoms with Crippen molar-refractivity contribution in [1.82, 2.24) is 0 Å². The van der Waals surface area contributed by atoms with Crippen molar-refractivity contribution in [2.45, 2.75) is 18.2 Å². The zero-order chi connectivity index (χ0) is 13.7. The number of rotatable bonds is 5. The minimum atomic E-state index is 0.629. The average molecular weight is 273 g/mol. The molecule has 2 nitrogen and oxygen atoms in total. The second-order valence-corrected chi connectivity index (χ2v) is 5.25. The first kappa shape index (κ1) is 14.0. The van der Waals surface area contributed by atoms with E-state index in [1.54, 1.807) is 11.8 Å². The molecular formula is C16H19NOS. The number of ether oxygens (including phenoxy) is 1. The number of aryl methyl sites for hydroxylation is 1. The molecule has 100 valence electrons. The van der Waals surface area contributed by atoms with E-state index in [2.05, 4.69) is 31.4 Å². The van der Waals surface area contributed by atoms with E-state index in [0.717, 1.165) is 22.8 Å². The number of hydrogen-bond acceptors (Lipinski definition) is 3. The Morgan fingerprint density at radius 1 is 1.11 bits per heavy atom. The molecule has 0 saturated carbocycles. The van der Waals surface area contributed by atoms with Crippen LogP contribution in [0.4, 0.5) is 0 Å². The van der Waals surface area contributed by atoms with Gasteiger partial charge in [-0.05, 0) is 49.9 Å². The third-order valence-electron chi connectivity index (χ3n) is 2.92. The van der Waals surface area contributed by atoms with Crippen LogP contribution in [0.3, 0.4) is 0 Å². The molecule has 19 heavy (non-hydrogen) atoms. The van der Waals surface area contributed by atoms with Gasteiger partial charge in [-0.15, -0.1) is 11.8 Å². The number of para-hydroxylation sites is 1. The summed E-state index contributed by atoms with van der Waals surface area (Å²) >= 11 is 1.69. The first-order valence-electron chi connectivity index (χ1n) is 6.35. The molecule has 0 bridgehead atoms. The first-order chi connectivity index (χ1) is 9.24. The lowest BCUT2D eigenvalue weighted by Gasteiger charge is -2.13. The minimum absolute atomic E-state index is 0.629. The summed E-state index contributed by atoms with van der Waals surface area (Å²) in [5.41, 5.74) is 8.06. The molecule has 3 heteroatoms. The molecule has 2 aromatic rings. The molecule has 2 aromatic carbocycles. The normalized spacial score (nSPS) is 10.5. The molecular weight excluding hydrogens is 254 g/mol. The standard InChI is InChI=1S/C16H19NOS/c1-12-7-8-14(13(11-12)9-10-17)18-15-5-3-4-6-16(15)19-2/h3-8,11H,9-10,17H2,1-2H3. The fraction of sp³-hybridized carbons (Fsp3) is 0.250. The Bertz CT molecular complexity index is 554. The highest BCUT2D eigenvalue weighted by molar-refractivity contribution is 7.98. The quantitative estimate of drug-likeness (QED) is 0.836. The van der Waals surface area contributed by atoms with Crippen molar-refractivity contribution in [3.8, 4) is 11.5 Å². The van der Waals surface area contributed by atoms with Crippen LogP contribution in [0.25, 0.3) is 0 Å². The summed E-state index contributed by atoms with van der Waals surface area (Å²) in [6.45, 7) is 2.71. The lowest BCUT2D eigenvalue weighted by molar-refractivity contribution is 0.465. The third kappa shape index (κ3) is 3.52. The zero-order valence-electron chi connectivity index (χ0n) is 11.3. The lowest BCUT2D eigenvalue weighted by Crippen LogP contribution is -2.04. The maximum Gasteiger partial charge on any atom is 0.140 e. The van der Waals surface area contributed by atoms with Gasteiger partial charge in [-0.2, -0.15) is 0 Å². The molecule has 0 aliphatic carbocycles. The highest BCUT2D eigenvalue weighted by Crippen LogP contribution is 2.33. The molecule has 2 N–H and O–H groups in total. The molecule has 0 spiro atoms. The van der Waals surface area contributed by atoms with Crippen LogP contribution in [0.5, 0.6) is 11.5 Å². The number of hydrogen-bond donors (Lipinski definition) is 1. The van der Waals surface area contributed by atoms with E-state index < -0.39 is 0 Å². The van der Waals surface area contributed by atoms with Gasteiger partial charge in [0.1, 0.15) is 11.5 Å². The Kier molecular flexibility index (Phi) is 4.88. The smallest absolute Gasteiger partial charge is 0.140 e. The summed E-state index contributed by atoms with van der Waals surface area (Å²) in [4.78, 5) is 1.14. The van der Waals surface area contributed by atoms with Gasteiger partial charge in [0.25, 0.3) is 0 Å². The topological polar surface area (TPSA) is 35.2 Å². The number of benzene rings is 2. The number of thioether (sulfide) groups is 1. The molecule has 0 amide bonds. The monoisotopic (exact) mass is 273 g/mol. The van der Waals surface area contributed by atoms with E-state index in [9.17, 15) is 0 Å². The van der Waals surface area contributed by atoms with E-state index in [-0.39, 0.29) is 0 Å². The summed E-state index contributed by atoms with van der Waals surface area (Å²) in [5, 5.41) is 0. The third-order valence-corrected chi connectivity index (χ3v) is 3.70. The Hall–Kier alpha value is -1.45. The first-order valence-corrected chi connectivity index (χ1v) is 7.57. The largest absolute Gasteiger partial charge is 0.456 e. The van der Waals surface area contributed by atoms with Crippen LogP contribution >= 0.6 is 11.8 Å². The number of nitrogens with two attached hydrogens (primary N) is 1. The molecule has 0 atom stereocenters. The van der Waals surface area contributed by atoms with Crippen LogP contribution < -0.4 is 10.5 Å². The maximum absolute atomic E-state index is 6.06. The predicted molar refractivity (Wildman–Crippen MR) is 82.2 cm³/mol. The van der Waals surface area contributed by atoms with Crippen molar-refractivity contribution in [3.05, 3.63) is 53.6 Å². The van der Waals surface area contributed by atoms with Gasteiger partial charge in [0.05, 0.1) is 0 Å². The van der Waals surface area contributed by atoms with Crippen LogP contribution in [0.2, 0.25) is 0 Å². The minimum Gasteiger partial charge on any atom is -0.456 e. The molecule has 0 radical (unpaired) electrons. The molecule has 0 aliphatic rings. The molecule has 0 aromatic heterocycles. The van der Waals surface area contributed by atoms with Crippen molar-refractivity contribution in [1.29, 1.82) is 0 Å². The summed E-state index contributed by atoms with van der Waals surface area (Å²) in [6.07, 6.45) is 2.89. The average Bonchev–Trinajstić information content (AvgIpc) is 2.43. The van der Waals surface area contributed by atoms with Crippen LogP contribution in [0.15, 0.2) is 47.4 Å². The highest BCUT2D eigenvalue weighted by Gasteiger charge is 2.07. The van der Waals surface area contributed by atoms with E-state index in [1.807, 2.05) is 24.3 Å². The zero-order valence-corrected chi connectivity index (χ0v) is 12.2. The van der Waals surface area contributed by atoms with Gasteiger partial charge in [-0.1, -0.05) is 29.8 Å². The highest BCUT2D eigenvalue weighted by atomic mass is 32.2. The summed E-state index contributed by atoms with van der Waals surface area (Å²) in [6, 6.07) is 14.3. The van der Waals surface area contributed by atoms with Crippen molar-refractivity contribution >= 4 is 11.8 Å². The van der Waals surface area contributed by atoms with Crippen LogP contribution in [-0.2, 0) is 6.42 Å².